The van der Waals surface area contributed by atoms with Crippen LogP contribution < -0.4 is 17.2 Å². The van der Waals surface area contributed by atoms with E-state index in [4.69, 9.17) is 17.2 Å². The fourth-order valence-electron chi connectivity index (χ4n) is 5.00. The van der Waals surface area contributed by atoms with Crippen LogP contribution in [-0.4, -0.2) is 31.0 Å². The molecule has 16 nitrogen and oxygen atoms in total. The molecule has 0 heterocycles. The van der Waals surface area contributed by atoms with Crippen molar-refractivity contribution in [1.82, 2.24) is 0 Å². The van der Waals surface area contributed by atoms with E-state index in [1.54, 1.807) is 37.3 Å². The van der Waals surface area contributed by atoms with E-state index < -0.39 is 36.6 Å². The second kappa shape index (κ2) is 13.2. The maximum Gasteiger partial charge on any atom is 0.296 e. The van der Waals surface area contributed by atoms with Crippen molar-refractivity contribution in [3.8, 4) is 5.75 Å². The summed E-state index contributed by atoms with van der Waals surface area (Å²) in [6, 6.07) is 22.0. The van der Waals surface area contributed by atoms with Crippen molar-refractivity contribution in [2.75, 3.05) is 17.2 Å². The van der Waals surface area contributed by atoms with Gasteiger partial charge in [-0.15, -0.1) is 15.3 Å². The molecule has 258 valence electrons. The number of azo groups is 3. The van der Waals surface area contributed by atoms with Gasteiger partial charge in [-0.2, -0.15) is 32.2 Å². The third-order valence-corrected chi connectivity index (χ3v) is 9.52. The number of nitrogens with zero attached hydrogens (tertiary/aromatic N) is 6. The third kappa shape index (κ3) is 7.19. The lowest BCUT2D eigenvalue weighted by molar-refractivity contribution is 0.472. The lowest BCUT2D eigenvalue weighted by Crippen LogP contribution is -1.99. The van der Waals surface area contributed by atoms with Gasteiger partial charge in [0.25, 0.3) is 20.2 Å². The zero-order valence-corrected chi connectivity index (χ0v) is 28.0. The first-order chi connectivity index (χ1) is 24.1. The molecule has 0 aromatic heterocycles. The summed E-state index contributed by atoms with van der Waals surface area (Å²) in [5, 5.41) is 37.2. The van der Waals surface area contributed by atoms with Gasteiger partial charge in [-0.25, -0.2) is 0 Å². The summed E-state index contributed by atoms with van der Waals surface area (Å²) in [4.78, 5) is -0.982. The topological polar surface area (TPSA) is 281 Å². The molecule has 0 aliphatic heterocycles. The van der Waals surface area contributed by atoms with Crippen LogP contribution in [0.25, 0.3) is 21.5 Å². The van der Waals surface area contributed by atoms with E-state index >= 15 is 0 Å². The Kier molecular flexibility index (Phi) is 8.92. The smallest absolute Gasteiger partial charge is 0.296 e. The second-order valence-electron chi connectivity index (χ2n) is 11.1. The lowest BCUT2D eigenvalue weighted by atomic mass is 10.1. The van der Waals surface area contributed by atoms with E-state index in [9.17, 15) is 31.0 Å². The molecule has 6 rings (SSSR count). The Bertz CT molecular complexity index is 2700. The van der Waals surface area contributed by atoms with Crippen molar-refractivity contribution in [1.29, 1.82) is 0 Å². The molecule has 0 aliphatic rings. The first kappa shape index (κ1) is 34.5. The lowest BCUT2D eigenvalue weighted by Gasteiger charge is -2.09. The van der Waals surface area contributed by atoms with Crippen LogP contribution in [0.4, 0.5) is 51.2 Å². The molecule has 0 spiro atoms. The van der Waals surface area contributed by atoms with E-state index in [2.05, 4.69) is 30.7 Å². The second-order valence-corrected chi connectivity index (χ2v) is 13.9. The Balaban J connectivity index is 1.29. The molecule has 51 heavy (non-hydrogen) atoms. The summed E-state index contributed by atoms with van der Waals surface area (Å²) in [6.45, 7) is 1.75. The van der Waals surface area contributed by atoms with Crippen LogP contribution in [0.1, 0.15) is 5.56 Å². The van der Waals surface area contributed by atoms with Crippen LogP contribution in [0.2, 0.25) is 0 Å². The number of nitrogens with two attached hydrogens (primary N) is 3. The monoisotopic (exact) mass is 725 g/mol. The molecule has 0 radical (unpaired) electrons. The highest BCUT2D eigenvalue weighted by molar-refractivity contribution is 7.86. The molecule has 0 unspecified atom stereocenters. The molecule has 0 amide bonds. The zero-order chi connectivity index (χ0) is 36.7. The summed E-state index contributed by atoms with van der Waals surface area (Å²) in [5.74, 6) is -0.575. The van der Waals surface area contributed by atoms with Crippen LogP contribution in [0.5, 0.6) is 5.75 Å². The minimum atomic E-state index is -4.85. The van der Waals surface area contributed by atoms with Gasteiger partial charge in [0, 0.05) is 27.5 Å². The van der Waals surface area contributed by atoms with Gasteiger partial charge in [0.1, 0.15) is 16.3 Å². The zero-order valence-electron chi connectivity index (χ0n) is 26.4. The van der Waals surface area contributed by atoms with E-state index in [0.29, 0.717) is 50.5 Å². The van der Waals surface area contributed by atoms with Gasteiger partial charge in [-0.3, -0.25) is 9.11 Å². The van der Waals surface area contributed by atoms with E-state index in [1.165, 1.54) is 54.6 Å². The maximum atomic E-state index is 12.3. The van der Waals surface area contributed by atoms with Crippen molar-refractivity contribution < 1.29 is 31.0 Å². The molecule has 0 aliphatic carbocycles. The Morgan fingerprint density at radius 2 is 1.14 bits per heavy atom. The van der Waals surface area contributed by atoms with Crippen LogP contribution in [0.15, 0.2) is 131 Å². The number of hydrogen-bond donors (Lipinski definition) is 6. The number of aromatic hydroxyl groups is 1. The summed E-state index contributed by atoms with van der Waals surface area (Å²) in [5.41, 5.74) is 21.0. The fourth-order valence-corrected chi connectivity index (χ4v) is 6.17. The molecule has 18 heteroatoms. The number of phenolic OH excluding ortho intramolecular Hbond substituents is 1. The van der Waals surface area contributed by atoms with Crippen molar-refractivity contribution in [2.24, 2.45) is 30.7 Å². The molecular weight excluding hydrogens is 699 g/mol. The molecule has 0 atom stereocenters. The average molecular weight is 726 g/mol. The van der Waals surface area contributed by atoms with Crippen molar-refractivity contribution in [2.45, 2.75) is 16.7 Å². The Hall–Kier alpha value is -6.34. The molecule has 6 aromatic carbocycles. The molecule has 6 aromatic rings. The number of nitrogen functional groups attached to an aromatic ring is 3. The summed E-state index contributed by atoms with van der Waals surface area (Å²) in [6.07, 6.45) is 0. The quantitative estimate of drug-likeness (QED) is 0.0494. The SMILES string of the molecule is Cc1c(N)ccc(N=Nc2ccc3cc(S(=O)(=O)O)c(N=Nc4ccc(N=Nc5ccc(N)c6cc(S(=O)(=O)O)ccc56)cc4)c(O)c3c2)c1N. The minimum Gasteiger partial charge on any atom is -0.505 e. The van der Waals surface area contributed by atoms with Gasteiger partial charge in [-0.05, 0) is 96.7 Å². The van der Waals surface area contributed by atoms with Crippen LogP contribution >= 0.6 is 0 Å². The molecule has 0 fully saturated rings. The number of anilines is 3. The van der Waals surface area contributed by atoms with Gasteiger partial charge < -0.3 is 22.3 Å². The number of hydrogen-bond acceptors (Lipinski definition) is 14. The third-order valence-electron chi connectivity index (χ3n) is 7.81. The summed E-state index contributed by atoms with van der Waals surface area (Å²) < 4.78 is 67.0. The number of rotatable bonds is 8. The van der Waals surface area contributed by atoms with Crippen LogP contribution in [0.3, 0.4) is 0 Å². The fraction of sp³-hybridized carbons (Fsp3) is 0.0303. The van der Waals surface area contributed by atoms with E-state index in [1.807, 2.05) is 0 Å². The molecule has 0 bridgehead atoms. The van der Waals surface area contributed by atoms with Crippen molar-refractivity contribution in [3.05, 3.63) is 96.6 Å². The minimum absolute atomic E-state index is 0.161. The first-order valence-electron chi connectivity index (χ1n) is 14.7. The van der Waals surface area contributed by atoms with Gasteiger partial charge >= 0.3 is 0 Å². The molecule has 0 saturated carbocycles. The van der Waals surface area contributed by atoms with Crippen LogP contribution in [0, 0.1) is 6.92 Å². The van der Waals surface area contributed by atoms with Gasteiger partial charge in [0.2, 0.25) is 0 Å². The van der Waals surface area contributed by atoms with Crippen molar-refractivity contribution >= 4 is 93.0 Å². The summed E-state index contributed by atoms with van der Waals surface area (Å²) >= 11 is 0. The standard InChI is InChI=1S/C33H27N9O7S2/c1-17-26(34)10-13-29(31(17)36)41-39-21-3-2-18-14-30(51(47,48)49)32(33(43)24(18)15-21)42-38-20-6-4-19(5-7-20)37-40-28-12-11-27(35)25-16-22(50(44,45)46)8-9-23(25)28/h2-16,43H,34-36H2,1H3,(H,44,45,46)(H,47,48,49). The number of phenols is 1. The Morgan fingerprint density at radius 3 is 1.80 bits per heavy atom. The normalized spacial score (nSPS) is 12.6. The molecular formula is C33H27N9O7S2. The molecule has 9 N–H and O–H groups in total. The Labute approximate surface area is 290 Å². The highest BCUT2D eigenvalue weighted by Gasteiger charge is 2.22. The maximum absolute atomic E-state index is 12.3. The van der Waals surface area contributed by atoms with Gasteiger partial charge in [0.15, 0.2) is 5.75 Å². The van der Waals surface area contributed by atoms with Crippen LogP contribution in [-0.2, 0) is 20.2 Å². The number of benzene rings is 6. The summed E-state index contributed by atoms with van der Waals surface area (Å²) in [7, 11) is -9.29. The van der Waals surface area contributed by atoms with E-state index in [0.717, 1.165) is 6.07 Å². The van der Waals surface area contributed by atoms with Gasteiger partial charge in [0.05, 0.1) is 33.3 Å². The predicted molar refractivity (Wildman–Crippen MR) is 193 cm³/mol. The molecule has 0 saturated heterocycles. The van der Waals surface area contributed by atoms with Gasteiger partial charge in [-0.1, -0.05) is 12.1 Å². The average Bonchev–Trinajstić information content (AvgIpc) is 3.09. The largest absolute Gasteiger partial charge is 0.505 e. The van der Waals surface area contributed by atoms with Crippen molar-refractivity contribution in [3.63, 3.8) is 0 Å². The number of fused-ring (bicyclic) bond motifs is 2. The highest BCUT2D eigenvalue weighted by atomic mass is 32.2. The first-order valence-corrected chi connectivity index (χ1v) is 17.5. The highest BCUT2D eigenvalue weighted by Crippen LogP contribution is 2.43. The predicted octanol–water partition coefficient (Wildman–Crippen LogP) is 8.49. The Morgan fingerprint density at radius 1 is 0.549 bits per heavy atom. The van der Waals surface area contributed by atoms with E-state index in [-0.39, 0.29) is 27.0 Å².